The van der Waals surface area contributed by atoms with Crippen LogP contribution in [0.4, 0.5) is 0 Å². The van der Waals surface area contributed by atoms with E-state index < -0.39 is 0 Å². The van der Waals surface area contributed by atoms with E-state index in [-0.39, 0.29) is 0 Å². The predicted octanol–water partition coefficient (Wildman–Crippen LogP) is 2.04. The lowest BCUT2D eigenvalue weighted by Gasteiger charge is -2.16. The van der Waals surface area contributed by atoms with Crippen molar-refractivity contribution in [2.75, 3.05) is 0 Å². The van der Waals surface area contributed by atoms with Crippen molar-refractivity contribution in [3.8, 4) is 0 Å². The predicted molar refractivity (Wildman–Crippen MR) is 39.9 cm³/mol. The van der Waals surface area contributed by atoms with Gasteiger partial charge in [-0.2, -0.15) is 0 Å². The molecule has 0 atom stereocenters. The van der Waals surface area contributed by atoms with E-state index in [1.54, 1.807) is 6.20 Å². The van der Waals surface area contributed by atoms with E-state index in [0.29, 0.717) is 0 Å². The third-order valence-electron chi connectivity index (χ3n) is 2.03. The Morgan fingerprint density at radius 2 is 1.78 bits per heavy atom. The van der Waals surface area contributed by atoms with Gasteiger partial charge in [0, 0.05) is 0 Å². The van der Waals surface area contributed by atoms with Crippen LogP contribution in [0.25, 0.3) is 0 Å². The Balaban J connectivity index is 2.23. The number of nitrogens with two attached hydrogens (primary N) is 1. The topological polar surface area (TPSA) is 26.0 Å². The van der Waals surface area contributed by atoms with Gasteiger partial charge in [0.1, 0.15) is 0 Å². The van der Waals surface area contributed by atoms with Crippen molar-refractivity contribution in [3.63, 3.8) is 0 Å². The fraction of sp³-hybridized carbons (Fsp3) is 0.750. The second kappa shape index (κ2) is 3.54. The van der Waals surface area contributed by atoms with Crippen LogP contribution in [0, 0.1) is 5.92 Å². The Hall–Kier alpha value is -0.460. The van der Waals surface area contributed by atoms with E-state index in [0.717, 1.165) is 5.92 Å². The average molecular weight is 125 g/mol. The van der Waals surface area contributed by atoms with Gasteiger partial charge in [-0.25, -0.2) is 0 Å². The number of allylic oxidation sites excluding steroid dienone is 1. The van der Waals surface area contributed by atoms with Crippen molar-refractivity contribution >= 4 is 0 Å². The zero-order chi connectivity index (χ0) is 6.53. The summed E-state index contributed by atoms with van der Waals surface area (Å²) in [6.45, 7) is 0. The molecule has 1 heteroatoms. The first-order valence-corrected chi connectivity index (χ1v) is 3.82. The number of rotatable bonds is 1. The summed E-state index contributed by atoms with van der Waals surface area (Å²) in [5.74, 6) is 0.795. The Morgan fingerprint density at radius 1 is 1.11 bits per heavy atom. The molecule has 0 aromatic carbocycles. The summed E-state index contributed by atoms with van der Waals surface area (Å²) in [7, 11) is 0. The van der Waals surface area contributed by atoms with Crippen LogP contribution in [0.1, 0.15) is 32.1 Å². The lowest BCUT2D eigenvalue weighted by molar-refractivity contribution is 0.419. The minimum Gasteiger partial charge on any atom is -0.405 e. The van der Waals surface area contributed by atoms with Gasteiger partial charge in [0.2, 0.25) is 0 Å². The first-order valence-electron chi connectivity index (χ1n) is 3.82. The summed E-state index contributed by atoms with van der Waals surface area (Å²) in [5.41, 5.74) is 5.28. The highest BCUT2D eigenvalue weighted by molar-refractivity contribution is 4.86. The SMILES string of the molecule is N/C=C\C1CCCCC1. The second-order valence-electron chi connectivity index (χ2n) is 2.78. The Bertz CT molecular complexity index is 90.7. The Labute approximate surface area is 56.9 Å². The lowest BCUT2D eigenvalue weighted by atomic mass is 9.89. The molecule has 1 saturated carbocycles. The molecule has 1 aliphatic rings. The maximum atomic E-state index is 5.28. The molecule has 0 aromatic heterocycles. The molecule has 1 rings (SSSR count). The third-order valence-corrected chi connectivity index (χ3v) is 2.03. The van der Waals surface area contributed by atoms with E-state index >= 15 is 0 Å². The summed E-state index contributed by atoms with van der Waals surface area (Å²) in [4.78, 5) is 0. The molecule has 0 heterocycles. The summed E-state index contributed by atoms with van der Waals surface area (Å²) in [5, 5.41) is 0. The summed E-state index contributed by atoms with van der Waals surface area (Å²) in [6, 6.07) is 0. The van der Waals surface area contributed by atoms with E-state index in [1.165, 1.54) is 32.1 Å². The van der Waals surface area contributed by atoms with E-state index in [2.05, 4.69) is 6.08 Å². The maximum absolute atomic E-state index is 5.28. The first kappa shape index (κ1) is 6.66. The molecule has 0 radical (unpaired) electrons. The van der Waals surface area contributed by atoms with Crippen LogP contribution in [0.5, 0.6) is 0 Å². The van der Waals surface area contributed by atoms with Crippen molar-refractivity contribution in [1.82, 2.24) is 0 Å². The van der Waals surface area contributed by atoms with Crippen LogP contribution < -0.4 is 5.73 Å². The van der Waals surface area contributed by atoms with Gasteiger partial charge < -0.3 is 5.73 Å². The van der Waals surface area contributed by atoms with Gasteiger partial charge in [-0.3, -0.25) is 0 Å². The van der Waals surface area contributed by atoms with Crippen LogP contribution in [-0.4, -0.2) is 0 Å². The molecule has 0 bridgehead atoms. The lowest BCUT2D eigenvalue weighted by Crippen LogP contribution is -2.03. The van der Waals surface area contributed by atoms with E-state index in [1.807, 2.05) is 0 Å². The van der Waals surface area contributed by atoms with Crippen molar-refractivity contribution in [3.05, 3.63) is 12.3 Å². The van der Waals surface area contributed by atoms with Gasteiger partial charge in [-0.05, 0) is 25.0 Å². The van der Waals surface area contributed by atoms with Gasteiger partial charge in [-0.1, -0.05) is 25.3 Å². The van der Waals surface area contributed by atoms with E-state index in [4.69, 9.17) is 5.73 Å². The fourth-order valence-corrected chi connectivity index (χ4v) is 1.48. The van der Waals surface area contributed by atoms with Crippen LogP contribution in [0.2, 0.25) is 0 Å². The van der Waals surface area contributed by atoms with Crippen LogP contribution in [0.15, 0.2) is 12.3 Å². The summed E-state index contributed by atoms with van der Waals surface area (Å²) < 4.78 is 0. The number of hydrogen-bond acceptors (Lipinski definition) is 1. The summed E-state index contributed by atoms with van der Waals surface area (Å²) in [6.07, 6.45) is 10.8. The average Bonchev–Trinajstić information content (AvgIpc) is 1.91. The smallest absolute Gasteiger partial charge is 0.0100 e. The minimum absolute atomic E-state index is 0.795. The quantitative estimate of drug-likeness (QED) is 0.570. The standard InChI is InChI=1S/C8H15N/c9-7-6-8-4-2-1-3-5-8/h6-8H,1-5,9H2/b7-6-. The molecule has 0 spiro atoms. The van der Waals surface area contributed by atoms with Crippen LogP contribution in [0.3, 0.4) is 0 Å². The highest BCUT2D eigenvalue weighted by Crippen LogP contribution is 2.23. The molecule has 9 heavy (non-hydrogen) atoms. The van der Waals surface area contributed by atoms with Gasteiger partial charge in [0.25, 0.3) is 0 Å². The minimum atomic E-state index is 0.795. The molecule has 0 amide bonds. The Kier molecular flexibility index (Phi) is 2.62. The molecule has 0 aliphatic heterocycles. The molecule has 2 N–H and O–H groups in total. The van der Waals surface area contributed by atoms with Crippen molar-refractivity contribution < 1.29 is 0 Å². The molecular weight excluding hydrogens is 110 g/mol. The van der Waals surface area contributed by atoms with Gasteiger partial charge in [-0.15, -0.1) is 0 Å². The van der Waals surface area contributed by atoms with Crippen molar-refractivity contribution in [1.29, 1.82) is 0 Å². The molecular formula is C8H15N. The third kappa shape index (κ3) is 2.08. The molecule has 1 nitrogen and oxygen atoms in total. The molecule has 0 unspecified atom stereocenters. The second-order valence-corrected chi connectivity index (χ2v) is 2.78. The van der Waals surface area contributed by atoms with Gasteiger partial charge in [0.15, 0.2) is 0 Å². The highest BCUT2D eigenvalue weighted by Gasteiger charge is 2.08. The highest BCUT2D eigenvalue weighted by atomic mass is 14.5. The van der Waals surface area contributed by atoms with Crippen LogP contribution in [-0.2, 0) is 0 Å². The van der Waals surface area contributed by atoms with Gasteiger partial charge in [0.05, 0.1) is 0 Å². The molecule has 0 saturated heterocycles. The Morgan fingerprint density at radius 3 is 2.33 bits per heavy atom. The van der Waals surface area contributed by atoms with Crippen LogP contribution >= 0.6 is 0 Å². The maximum Gasteiger partial charge on any atom is -0.0100 e. The van der Waals surface area contributed by atoms with E-state index in [9.17, 15) is 0 Å². The molecule has 52 valence electrons. The van der Waals surface area contributed by atoms with Gasteiger partial charge >= 0.3 is 0 Å². The van der Waals surface area contributed by atoms with Crippen molar-refractivity contribution in [2.24, 2.45) is 11.7 Å². The largest absolute Gasteiger partial charge is 0.405 e. The molecule has 1 fully saturated rings. The normalized spacial score (nSPS) is 23.1. The molecule has 1 aliphatic carbocycles. The molecule has 0 aromatic rings. The zero-order valence-electron chi connectivity index (χ0n) is 5.84. The van der Waals surface area contributed by atoms with Crippen molar-refractivity contribution in [2.45, 2.75) is 32.1 Å². The fourth-order valence-electron chi connectivity index (χ4n) is 1.48. The first-order chi connectivity index (χ1) is 4.43. The number of hydrogen-bond donors (Lipinski definition) is 1. The monoisotopic (exact) mass is 125 g/mol. The summed E-state index contributed by atoms with van der Waals surface area (Å²) >= 11 is 0. The zero-order valence-corrected chi connectivity index (χ0v) is 5.84.